The summed E-state index contributed by atoms with van der Waals surface area (Å²) in [7, 11) is 7.74. The van der Waals surface area contributed by atoms with Crippen LogP contribution in [0.5, 0.6) is 5.75 Å². The van der Waals surface area contributed by atoms with Gasteiger partial charge in [0.1, 0.15) is 11.4 Å². The van der Waals surface area contributed by atoms with Crippen LogP contribution in [0.3, 0.4) is 0 Å². The fourth-order valence-corrected chi connectivity index (χ4v) is 1.33. The van der Waals surface area contributed by atoms with E-state index in [1.807, 2.05) is 19.1 Å². The van der Waals surface area contributed by atoms with Gasteiger partial charge in [0.2, 0.25) is 0 Å². The monoisotopic (exact) mass is 223 g/mol. The van der Waals surface area contributed by atoms with E-state index in [-0.39, 0.29) is 0 Å². The maximum absolute atomic E-state index is 11.1. The van der Waals surface area contributed by atoms with Crippen molar-refractivity contribution in [2.24, 2.45) is 0 Å². The Bertz CT molecular complexity index is 394. The number of quaternary nitrogens is 1. The number of nitrogens with zero attached hydrogens (tertiary/aromatic N) is 1. The molecule has 0 spiro atoms. The predicted molar refractivity (Wildman–Crippen MR) is 65.8 cm³/mol. The van der Waals surface area contributed by atoms with Crippen molar-refractivity contribution in [2.45, 2.75) is 6.92 Å². The maximum atomic E-state index is 11.1. The van der Waals surface area contributed by atoms with Crippen LogP contribution in [-0.4, -0.2) is 34.3 Å². The third kappa shape index (κ3) is 3.24. The first-order valence-corrected chi connectivity index (χ1v) is 5.16. The van der Waals surface area contributed by atoms with Crippen molar-refractivity contribution in [1.29, 1.82) is 0 Å². The van der Waals surface area contributed by atoms with Gasteiger partial charge in [-0.2, -0.15) is 0 Å². The predicted octanol–water partition coefficient (Wildman–Crippen LogP) is 1.91. The van der Waals surface area contributed by atoms with Crippen LogP contribution in [-0.2, 0) is 0 Å². The number of carbonyl (C=O) groups excluding carboxylic acids is 1. The minimum absolute atomic E-state index is 0.446. The lowest BCUT2D eigenvalue weighted by Gasteiger charge is -2.24. The number of hydrogen-bond acceptors (Lipinski definition) is 2. The zero-order chi connectivity index (χ0) is 12.3. The van der Waals surface area contributed by atoms with E-state index < -0.39 is 6.09 Å². The second-order valence-corrected chi connectivity index (χ2v) is 4.66. The Kier molecular flexibility index (Phi) is 3.55. The summed E-state index contributed by atoms with van der Waals surface area (Å²) in [5, 5.41) is 2.42. The van der Waals surface area contributed by atoms with Gasteiger partial charge in [0.15, 0.2) is 0 Å². The van der Waals surface area contributed by atoms with Gasteiger partial charge >= 0.3 is 6.09 Å². The Morgan fingerprint density at radius 2 is 1.88 bits per heavy atom. The second-order valence-electron chi connectivity index (χ2n) is 4.66. The smallest absolute Gasteiger partial charge is 0.410 e. The lowest BCUT2D eigenvalue weighted by atomic mass is 10.2. The average Bonchev–Trinajstić information content (AvgIpc) is 2.15. The molecule has 1 aromatic rings. The van der Waals surface area contributed by atoms with Gasteiger partial charge in [0.05, 0.1) is 21.1 Å². The lowest BCUT2D eigenvalue weighted by molar-refractivity contribution is 0.203. The van der Waals surface area contributed by atoms with Crippen LogP contribution in [0.2, 0.25) is 0 Å². The van der Waals surface area contributed by atoms with Crippen LogP contribution in [0.15, 0.2) is 18.2 Å². The molecular formula is C12H19N2O2+. The van der Waals surface area contributed by atoms with Crippen molar-refractivity contribution in [1.82, 2.24) is 9.80 Å². The molecule has 0 bridgehead atoms. The molecular weight excluding hydrogens is 204 g/mol. The molecule has 0 saturated heterocycles. The number of carbonyl (C=O) groups is 1. The first-order chi connectivity index (χ1) is 7.32. The molecule has 0 aliphatic heterocycles. The minimum atomic E-state index is -0.446. The molecule has 0 fully saturated rings. The number of ether oxygens (including phenoxy) is 1. The van der Waals surface area contributed by atoms with Gasteiger partial charge in [-0.25, -0.2) is 4.79 Å². The standard InChI is InChI=1S/C12H18N2O2/c1-9-6-10(14(3,4)5)8-11(7-9)16-12(15)13-2/h6-8H,1-5H3/p+1. The number of aryl methyl sites for hydroxylation is 1. The summed E-state index contributed by atoms with van der Waals surface area (Å²) in [5.41, 5.74) is 2.17. The Morgan fingerprint density at radius 1 is 1.25 bits per heavy atom. The van der Waals surface area contributed by atoms with E-state index >= 15 is 0 Å². The number of benzene rings is 1. The number of rotatable bonds is 2. The van der Waals surface area contributed by atoms with Crippen molar-refractivity contribution in [3.8, 4) is 5.75 Å². The Morgan fingerprint density at radius 3 is 2.38 bits per heavy atom. The van der Waals surface area contributed by atoms with Crippen molar-refractivity contribution in [3.63, 3.8) is 0 Å². The van der Waals surface area contributed by atoms with Gasteiger partial charge in [0.25, 0.3) is 0 Å². The zero-order valence-electron chi connectivity index (χ0n) is 10.5. The molecule has 4 heteroatoms. The third-order valence-corrected chi connectivity index (χ3v) is 2.22. The summed E-state index contributed by atoms with van der Waals surface area (Å²) in [6.07, 6.45) is -0.446. The highest BCUT2D eigenvalue weighted by Crippen LogP contribution is 2.25. The minimum Gasteiger partial charge on any atom is -0.410 e. The van der Waals surface area contributed by atoms with Crippen molar-refractivity contribution < 1.29 is 9.53 Å². The highest BCUT2D eigenvalue weighted by atomic mass is 16.5. The summed E-state index contributed by atoms with van der Waals surface area (Å²) >= 11 is 0. The topological polar surface area (TPSA) is 38.3 Å². The molecule has 16 heavy (non-hydrogen) atoms. The zero-order valence-corrected chi connectivity index (χ0v) is 10.5. The normalized spacial score (nSPS) is 11.1. The quantitative estimate of drug-likeness (QED) is 0.778. The average molecular weight is 223 g/mol. The number of amides is 1. The summed E-state index contributed by atoms with van der Waals surface area (Å²) in [4.78, 5) is 11.1. The second kappa shape index (κ2) is 4.53. The van der Waals surface area contributed by atoms with Gasteiger partial charge in [-0.15, -0.1) is 0 Å². The molecule has 0 saturated carbocycles. The van der Waals surface area contributed by atoms with E-state index in [0.29, 0.717) is 10.2 Å². The molecule has 1 amide bonds. The largest absolute Gasteiger partial charge is 0.412 e. The van der Waals surface area contributed by atoms with Crippen LogP contribution in [0.4, 0.5) is 10.5 Å². The fourth-order valence-electron chi connectivity index (χ4n) is 1.33. The van der Waals surface area contributed by atoms with Crippen LogP contribution >= 0.6 is 0 Å². The van der Waals surface area contributed by atoms with Crippen molar-refractivity contribution in [3.05, 3.63) is 23.8 Å². The van der Waals surface area contributed by atoms with Gasteiger partial charge < -0.3 is 10.1 Å². The SMILES string of the molecule is CNC(=O)Oc1cc(C)cc([N+](C)(C)C)c1. The van der Waals surface area contributed by atoms with Gasteiger partial charge in [-0.05, 0) is 18.6 Å². The van der Waals surface area contributed by atoms with Gasteiger partial charge in [0, 0.05) is 19.2 Å². The fraction of sp³-hybridized carbons (Fsp3) is 0.417. The molecule has 1 aromatic carbocycles. The molecule has 1 rings (SSSR count). The molecule has 0 aliphatic carbocycles. The van der Waals surface area contributed by atoms with E-state index in [4.69, 9.17) is 4.74 Å². The molecule has 0 aromatic heterocycles. The van der Waals surface area contributed by atoms with E-state index in [2.05, 4.69) is 32.5 Å². The first-order valence-electron chi connectivity index (χ1n) is 5.16. The van der Waals surface area contributed by atoms with E-state index in [0.717, 1.165) is 11.3 Å². The van der Waals surface area contributed by atoms with Crippen molar-refractivity contribution >= 4 is 11.8 Å². The lowest BCUT2D eigenvalue weighted by Crippen LogP contribution is -2.34. The van der Waals surface area contributed by atoms with Crippen LogP contribution in [0, 0.1) is 6.92 Å². The van der Waals surface area contributed by atoms with E-state index in [1.54, 1.807) is 7.05 Å². The number of hydrogen-bond donors (Lipinski definition) is 1. The summed E-state index contributed by atoms with van der Waals surface area (Å²) in [6, 6.07) is 5.80. The Balaban J connectivity index is 3.04. The number of nitrogens with one attached hydrogen (secondary N) is 1. The Labute approximate surface area is 96.4 Å². The first kappa shape index (κ1) is 12.5. The summed E-state index contributed by atoms with van der Waals surface area (Å²) in [6.45, 7) is 1.98. The maximum Gasteiger partial charge on any atom is 0.412 e. The van der Waals surface area contributed by atoms with Crippen LogP contribution < -0.4 is 14.5 Å². The van der Waals surface area contributed by atoms with Gasteiger partial charge in [-0.3, -0.25) is 4.48 Å². The van der Waals surface area contributed by atoms with Crippen LogP contribution in [0.25, 0.3) is 0 Å². The molecule has 0 atom stereocenters. The molecule has 0 radical (unpaired) electrons. The third-order valence-electron chi connectivity index (χ3n) is 2.22. The van der Waals surface area contributed by atoms with Crippen LogP contribution in [0.1, 0.15) is 5.56 Å². The Hall–Kier alpha value is -1.55. The highest BCUT2D eigenvalue weighted by molar-refractivity contribution is 5.70. The molecule has 88 valence electrons. The highest BCUT2D eigenvalue weighted by Gasteiger charge is 2.14. The molecule has 4 nitrogen and oxygen atoms in total. The van der Waals surface area contributed by atoms with E-state index in [9.17, 15) is 4.79 Å². The molecule has 0 unspecified atom stereocenters. The molecule has 1 N–H and O–H groups in total. The van der Waals surface area contributed by atoms with Crippen molar-refractivity contribution in [2.75, 3.05) is 28.2 Å². The molecule has 0 heterocycles. The van der Waals surface area contributed by atoms with E-state index in [1.165, 1.54) is 0 Å². The van der Waals surface area contributed by atoms with Gasteiger partial charge in [-0.1, -0.05) is 0 Å². The summed E-state index contributed by atoms with van der Waals surface area (Å²) in [5.74, 6) is 0.572. The molecule has 0 aliphatic rings. The summed E-state index contributed by atoms with van der Waals surface area (Å²) < 4.78 is 5.81.